The zero-order chi connectivity index (χ0) is 13.3. The van der Waals surface area contributed by atoms with Gasteiger partial charge in [-0.15, -0.1) is 11.8 Å². The van der Waals surface area contributed by atoms with E-state index in [2.05, 4.69) is 24.1 Å². The molecule has 0 saturated carbocycles. The molecule has 1 aromatic rings. The third-order valence-electron chi connectivity index (χ3n) is 2.91. The molecule has 0 amide bonds. The second kappa shape index (κ2) is 8.51. The van der Waals surface area contributed by atoms with Crippen LogP contribution in [0.25, 0.3) is 0 Å². The smallest absolute Gasteiger partial charge is 0.0959 e. The number of aliphatic hydroxyl groups is 1. The van der Waals surface area contributed by atoms with E-state index in [1.165, 1.54) is 0 Å². The molecule has 2 N–H and O–H groups in total. The SMILES string of the molecule is CCCNC(C)(CO)CCCSc1ccccn1. The lowest BCUT2D eigenvalue weighted by molar-refractivity contribution is 0.165. The van der Waals surface area contributed by atoms with E-state index in [0.29, 0.717) is 0 Å². The van der Waals surface area contributed by atoms with Gasteiger partial charge in [-0.3, -0.25) is 0 Å². The maximum atomic E-state index is 9.45. The molecule has 1 unspecified atom stereocenters. The number of thioether (sulfide) groups is 1. The van der Waals surface area contributed by atoms with Crippen LogP contribution in [0.4, 0.5) is 0 Å². The highest BCUT2D eigenvalue weighted by molar-refractivity contribution is 7.99. The number of hydrogen-bond acceptors (Lipinski definition) is 4. The van der Waals surface area contributed by atoms with Gasteiger partial charge in [-0.25, -0.2) is 4.98 Å². The van der Waals surface area contributed by atoms with Crippen molar-refractivity contribution in [2.75, 3.05) is 18.9 Å². The number of rotatable bonds is 9. The van der Waals surface area contributed by atoms with E-state index in [0.717, 1.165) is 36.6 Å². The van der Waals surface area contributed by atoms with Crippen LogP contribution in [-0.4, -0.2) is 34.5 Å². The Morgan fingerprint density at radius 3 is 2.89 bits per heavy atom. The maximum Gasteiger partial charge on any atom is 0.0959 e. The summed E-state index contributed by atoms with van der Waals surface area (Å²) in [6.07, 6.45) is 4.99. The minimum atomic E-state index is -0.138. The normalized spacial score (nSPS) is 14.4. The topological polar surface area (TPSA) is 45.1 Å². The maximum absolute atomic E-state index is 9.45. The molecule has 102 valence electrons. The molecule has 0 saturated heterocycles. The Bertz CT molecular complexity index is 321. The molecule has 0 aliphatic carbocycles. The van der Waals surface area contributed by atoms with Gasteiger partial charge in [0.2, 0.25) is 0 Å². The molecule has 0 aliphatic heterocycles. The first-order valence-corrected chi connectivity index (χ1v) is 7.58. The van der Waals surface area contributed by atoms with Crippen LogP contribution < -0.4 is 5.32 Å². The van der Waals surface area contributed by atoms with Crippen molar-refractivity contribution in [3.05, 3.63) is 24.4 Å². The van der Waals surface area contributed by atoms with Crippen molar-refractivity contribution in [1.29, 1.82) is 0 Å². The first-order valence-electron chi connectivity index (χ1n) is 6.60. The zero-order valence-electron chi connectivity index (χ0n) is 11.4. The van der Waals surface area contributed by atoms with Gasteiger partial charge in [0.25, 0.3) is 0 Å². The molecule has 1 atom stereocenters. The van der Waals surface area contributed by atoms with E-state index in [9.17, 15) is 5.11 Å². The van der Waals surface area contributed by atoms with Crippen molar-refractivity contribution in [2.24, 2.45) is 0 Å². The van der Waals surface area contributed by atoms with Gasteiger partial charge < -0.3 is 10.4 Å². The molecule has 1 aromatic heterocycles. The van der Waals surface area contributed by atoms with Crippen molar-refractivity contribution in [1.82, 2.24) is 10.3 Å². The fraction of sp³-hybridized carbons (Fsp3) is 0.643. The molecule has 4 heteroatoms. The molecule has 1 rings (SSSR count). The van der Waals surface area contributed by atoms with Gasteiger partial charge in [0, 0.05) is 11.7 Å². The summed E-state index contributed by atoms with van der Waals surface area (Å²) in [4.78, 5) is 4.28. The summed E-state index contributed by atoms with van der Waals surface area (Å²) < 4.78 is 0. The summed E-state index contributed by atoms with van der Waals surface area (Å²) in [5, 5.41) is 13.9. The van der Waals surface area contributed by atoms with Crippen LogP contribution >= 0.6 is 11.8 Å². The highest BCUT2D eigenvalue weighted by atomic mass is 32.2. The fourth-order valence-electron chi connectivity index (χ4n) is 1.72. The molecule has 0 radical (unpaired) electrons. The third-order valence-corrected chi connectivity index (χ3v) is 3.94. The Morgan fingerprint density at radius 1 is 1.44 bits per heavy atom. The summed E-state index contributed by atoms with van der Waals surface area (Å²) in [7, 11) is 0. The summed E-state index contributed by atoms with van der Waals surface area (Å²) in [5.74, 6) is 1.04. The fourth-order valence-corrected chi connectivity index (χ4v) is 2.53. The standard InChI is InChI=1S/C14H24N2OS/c1-3-9-16-14(2,12-17)8-6-11-18-13-7-4-5-10-15-13/h4-5,7,10,16-17H,3,6,8-9,11-12H2,1-2H3. The van der Waals surface area contributed by atoms with Gasteiger partial charge in [-0.05, 0) is 50.6 Å². The van der Waals surface area contributed by atoms with Crippen LogP contribution in [0.2, 0.25) is 0 Å². The summed E-state index contributed by atoms with van der Waals surface area (Å²) in [6, 6.07) is 5.97. The van der Waals surface area contributed by atoms with Gasteiger partial charge in [0.15, 0.2) is 0 Å². The van der Waals surface area contributed by atoms with Crippen LogP contribution in [0.1, 0.15) is 33.1 Å². The van der Waals surface area contributed by atoms with Crippen LogP contribution in [0, 0.1) is 0 Å². The second-order valence-corrected chi connectivity index (χ2v) is 5.88. The van der Waals surface area contributed by atoms with Crippen LogP contribution in [0.5, 0.6) is 0 Å². The second-order valence-electron chi connectivity index (χ2n) is 4.77. The Morgan fingerprint density at radius 2 is 2.28 bits per heavy atom. The molecule has 1 heterocycles. The summed E-state index contributed by atoms with van der Waals surface area (Å²) >= 11 is 1.77. The number of aromatic nitrogens is 1. The Labute approximate surface area is 114 Å². The first-order chi connectivity index (χ1) is 8.70. The molecule has 0 aromatic carbocycles. The molecular formula is C14H24N2OS. The molecule has 18 heavy (non-hydrogen) atoms. The first kappa shape index (κ1) is 15.5. The number of hydrogen-bond donors (Lipinski definition) is 2. The van der Waals surface area contributed by atoms with E-state index in [4.69, 9.17) is 0 Å². The molecular weight excluding hydrogens is 244 g/mol. The Kier molecular flexibility index (Phi) is 7.32. The molecule has 3 nitrogen and oxygen atoms in total. The molecule has 0 aliphatic rings. The molecule has 0 bridgehead atoms. The third kappa shape index (κ3) is 5.85. The van der Waals surface area contributed by atoms with Crippen molar-refractivity contribution in [3.63, 3.8) is 0 Å². The van der Waals surface area contributed by atoms with Gasteiger partial charge in [-0.1, -0.05) is 13.0 Å². The van der Waals surface area contributed by atoms with Crippen molar-refractivity contribution < 1.29 is 5.11 Å². The zero-order valence-corrected chi connectivity index (χ0v) is 12.2. The van der Waals surface area contributed by atoms with Gasteiger partial charge in [0.1, 0.15) is 0 Å². The lowest BCUT2D eigenvalue weighted by atomic mass is 9.97. The number of nitrogens with zero attached hydrogens (tertiary/aromatic N) is 1. The van der Waals surface area contributed by atoms with E-state index in [1.807, 2.05) is 24.4 Å². The van der Waals surface area contributed by atoms with Crippen LogP contribution in [0.15, 0.2) is 29.4 Å². The Balaban J connectivity index is 2.23. The molecule has 0 fully saturated rings. The predicted octanol–water partition coefficient (Wildman–Crippen LogP) is 2.70. The van der Waals surface area contributed by atoms with E-state index >= 15 is 0 Å². The van der Waals surface area contributed by atoms with E-state index in [-0.39, 0.29) is 12.1 Å². The van der Waals surface area contributed by atoms with Crippen molar-refractivity contribution in [2.45, 2.75) is 43.7 Å². The minimum Gasteiger partial charge on any atom is -0.394 e. The van der Waals surface area contributed by atoms with Gasteiger partial charge >= 0.3 is 0 Å². The highest BCUT2D eigenvalue weighted by Crippen LogP contribution is 2.19. The van der Waals surface area contributed by atoms with E-state index < -0.39 is 0 Å². The lowest BCUT2D eigenvalue weighted by Gasteiger charge is -2.28. The van der Waals surface area contributed by atoms with Crippen LogP contribution in [-0.2, 0) is 0 Å². The van der Waals surface area contributed by atoms with E-state index in [1.54, 1.807) is 11.8 Å². The number of aliphatic hydroxyl groups excluding tert-OH is 1. The van der Waals surface area contributed by atoms with Gasteiger partial charge in [-0.2, -0.15) is 0 Å². The average molecular weight is 268 g/mol. The number of nitrogens with one attached hydrogen (secondary N) is 1. The van der Waals surface area contributed by atoms with Crippen molar-refractivity contribution >= 4 is 11.8 Å². The predicted molar refractivity (Wildman–Crippen MR) is 78.0 cm³/mol. The Hall–Kier alpha value is -0.580. The average Bonchev–Trinajstić information content (AvgIpc) is 2.43. The molecule has 0 spiro atoms. The van der Waals surface area contributed by atoms with Gasteiger partial charge in [0.05, 0.1) is 11.6 Å². The monoisotopic (exact) mass is 268 g/mol. The van der Waals surface area contributed by atoms with Crippen LogP contribution in [0.3, 0.4) is 0 Å². The minimum absolute atomic E-state index is 0.138. The quantitative estimate of drug-likeness (QED) is 0.534. The summed E-state index contributed by atoms with van der Waals surface area (Å²) in [6.45, 7) is 5.39. The van der Waals surface area contributed by atoms with Crippen molar-refractivity contribution in [3.8, 4) is 0 Å². The number of pyridine rings is 1. The lowest BCUT2D eigenvalue weighted by Crippen LogP contribution is -2.46. The summed E-state index contributed by atoms with van der Waals surface area (Å²) in [5.41, 5.74) is -0.138. The highest BCUT2D eigenvalue weighted by Gasteiger charge is 2.21. The largest absolute Gasteiger partial charge is 0.394 e.